The molecule has 0 spiro atoms. The van der Waals surface area contributed by atoms with Crippen molar-refractivity contribution in [3.63, 3.8) is 0 Å². The second kappa shape index (κ2) is 6.55. The van der Waals surface area contributed by atoms with E-state index >= 15 is 0 Å². The van der Waals surface area contributed by atoms with Gasteiger partial charge >= 0.3 is 0 Å². The van der Waals surface area contributed by atoms with Crippen LogP contribution in [0.2, 0.25) is 0 Å². The molecule has 0 radical (unpaired) electrons. The zero-order valence-corrected chi connectivity index (χ0v) is 11.0. The van der Waals surface area contributed by atoms with E-state index in [4.69, 9.17) is 4.74 Å². The molecule has 0 aromatic heterocycles. The number of thioether (sulfide) groups is 1. The first-order chi connectivity index (χ1) is 7.90. The molecule has 0 bridgehead atoms. The highest BCUT2D eigenvalue weighted by Crippen LogP contribution is 2.27. The maximum atomic E-state index is 5.59. The molecule has 3 unspecified atom stereocenters. The van der Waals surface area contributed by atoms with Gasteiger partial charge in [-0.2, -0.15) is 11.8 Å². The lowest BCUT2D eigenvalue weighted by molar-refractivity contribution is 0.117. The standard InChI is InChI=1S/C13H23NOS/c1-16-13-8-3-2-7-12(13)14-10-11-6-4-5-9-15-11/h5,9,11-14H,2-4,6-8,10H2,1H3. The average molecular weight is 241 g/mol. The van der Waals surface area contributed by atoms with Gasteiger partial charge in [-0.05, 0) is 38.0 Å². The summed E-state index contributed by atoms with van der Waals surface area (Å²) in [4.78, 5) is 0. The van der Waals surface area contributed by atoms with Crippen molar-refractivity contribution in [3.8, 4) is 0 Å². The summed E-state index contributed by atoms with van der Waals surface area (Å²) in [5.41, 5.74) is 0. The van der Waals surface area contributed by atoms with Crippen LogP contribution >= 0.6 is 11.8 Å². The fourth-order valence-corrected chi connectivity index (χ4v) is 3.59. The molecule has 2 aliphatic rings. The second-order valence-electron chi connectivity index (χ2n) is 4.78. The Balaban J connectivity index is 1.72. The van der Waals surface area contributed by atoms with E-state index in [1.807, 2.05) is 18.0 Å². The topological polar surface area (TPSA) is 21.3 Å². The first-order valence-electron chi connectivity index (χ1n) is 6.47. The van der Waals surface area contributed by atoms with Gasteiger partial charge in [0, 0.05) is 17.8 Å². The molecule has 3 heteroatoms. The normalized spacial score (nSPS) is 34.7. The van der Waals surface area contributed by atoms with Crippen LogP contribution in [0.4, 0.5) is 0 Å². The van der Waals surface area contributed by atoms with Crippen molar-refractivity contribution in [1.29, 1.82) is 0 Å². The predicted octanol–water partition coefficient (Wildman–Crippen LogP) is 2.94. The number of hydrogen-bond donors (Lipinski definition) is 1. The van der Waals surface area contributed by atoms with Crippen LogP contribution in [-0.4, -0.2) is 30.2 Å². The molecule has 0 saturated heterocycles. The summed E-state index contributed by atoms with van der Waals surface area (Å²) in [6.07, 6.45) is 14.5. The third-order valence-electron chi connectivity index (χ3n) is 3.64. The molecule has 0 aromatic rings. The van der Waals surface area contributed by atoms with E-state index in [9.17, 15) is 0 Å². The Bertz CT molecular complexity index is 232. The quantitative estimate of drug-likeness (QED) is 0.817. The monoisotopic (exact) mass is 241 g/mol. The molecule has 1 aliphatic carbocycles. The molecule has 16 heavy (non-hydrogen) atoms. The van der Waals surface area contributed by atoms with Crippen LogP contribution in [-0.2, 0) is 4.74 Å². The summed E-state index contributed by atoms with van der Waals surface area (Å²) < 4.78 is 5.59. The third-order valence-corrected chi connectivity index (χ3v) is 4.81. The number of rotatable bonds is 4. The van der Waals surface area contributed by atoms with E-state index in [0.29, 0.717) is 12.1 Å². The third kappa shape index (κ3) is 3.42. The highest BCUT2D eigenvalue weighted by atomic mass is 32.2. The number of allylic oxidation sites excluding steroid dienone is 1. The van der Waals surface area contributed by atoms with Gasteiger partial charge in [0.1, 0.15) is 6.10 Å². The van der Waals surface area contributed by atoms with Crippen molar-refractivity contribution in [3.05, 3.63) is 12.3 Å². The Labute approximate surface area is 103 Å². The Hall–Kier alpha value is -0.150. The van der Waals surface area contributed by atoms with E-state index in [1.165, 1.54) is 38.5 Å². The maximum absolute atomic E-state index is 5.59. The molecule has 92 valence electrons. The van der Waals surface area contributed by atoms with Crippen molar-refractivity contribution >= 4 is 11.8 Å². The molecule has 1 saturated carbocycles. The number of nitrogens with one attached hydrogen (secondary N) is 1. The molecule has 0 aromatic carbocycles. The summed E-state index contributed by atoms with van der Waals surface area (Å²) in [6, 6.07) is 0.707. The second-order valence-corrected chi connectivity index (χ2v) is 5.86. The average Bonchev–Trinajstić information content (AvgIpc) is 2.38. The Morgan fingerprint density at radius 2 is 2.19 bits per heavy atom. The zero-order chi connectivity index (χ0) is 11.2. The first kappa shape index (κ1) is 12.3. The summed E-state index contributed by atoms with van der Waals surface area (Å²) >= 11 is 2.02. The lowest BCUT2D eigenvalue weighted by Crippen LogP contribution is -2.44. The van der Waals surface area contributed by atoms with Crippen LogP contribution in [0.25, 0.3) is 0 Å². The molecule has 3 atom stereocenters. The fraction of sp³-hybridized carbons (Fsp3) is 0.846. The molecule has 1 N–H and O–H groups in total. The minimum atomic E-state index is 0.398. The predicted molar refractivity (Wildman–Crippen MR) is 70.8 cm³/mol. The van der Waals surface area contributed by atoms with E-state index in [0.717, 1.165) is 11.8 Å². The first-order valence-corrected chi connectivity index (χ1v) is 7.75. The van der Waals surface area contributed by atoms with Gasteiger partial charge in [0.2, 0.25) is 0 Å². The minimum absolute atomic E-state index is 0.398. The fourth-order valence-electron chi connectivity index (χ4n) is 2.63. The van der Waals surface area contributed by atoms with Crippen molar-refractivity contribution in [2.24, 2.45) is 0 Å². The van der Waals surface area contributed by atoms with Gasteiger partial charge in [0.05, 0.1) is 6.26 Å². The van der Waals surface area contributed by atoms with Gasteiger partial charge in [-0.15, -0.1) is 0 Å². The van der Waals surface area contributed by atoms with Crippen LogP contribution in [0.5, 0.6) is 0 Å². The van der Waals surface area contributed by atoms with E-state index in [2.05, 4.69) is 17.6 Å². The summed E-state index contributed by atoms with van der Waals surface area (Å²) in [5.74, 6) is 0. The van der Waals surface area contributed by atoms with E-state index < -0.39 is 0 Å². The highest BCUT2D eigenvalue weighted by molar-refractivity contribution is 7.99. The SMILES string of the molecule is CSC1CCCCC1NCC1CCC=CO1. The number of ether oxygens (including phenoxy) is 1. The molecule has 0 amide bonds. The highest BCUT2D eigenvalue weighted by Gasteiger charge is 2.24. The largest absolute Gasteiger partial charge is 0.497 e. The molecular formula is C13H23NOS. The van der Waals surface area contributed by atoms with Gasteiger partial charge in [0.25, 0.3) is 0 Å². The Kier molecular flexibility index (Phi) is 5.04. The van der Waals surface area contributed by atoms with Gasteiger partial charge in [-0.3, -0.25) is 0 Å². The maximum Gasteiger partial charge on any atom is 0.110 e. The molecule has 1 heterocycles. The lowest BCUT2D eigenvalue weighted by atomic mass is 9.94. The summed E-state index contributed by atoms with van der Waals surface area (Å²) in [7, 11) is 0. The van der Waals surface area contributed by atoms with E-state index in [1.54, 1.807) is 0 Å². The Morgan fingerprint density at radius 3 is 2.94 bits per heavy atom. The van der Waals surface area contributed by atoms with Gasteiger partial charge < -0.3 is 10.1 Å². The van der Waals surface area contributed by atoms with Crippen LogP contribution < -0.4 is 5.32 Å². The van der Waals surface area contributed by atoms with E-state index in [-0.39, 0.29) is 0 Å². The van der Waals surface area contributed by atoms with Crippen molar-refractivity contribution < 1.29 is 4.74 Å². The molecule has 1 fully saturated rings. The van der Waals surface area contributed by atoms with Crippen LogP contribution in [0.1, 0.15) is 38.5 Å². The number of hydrogen-bond acceptors (Lipinski definition) is 3. The lowest BCUT2D eigenvalue weighted by Gasteiger charge is -2.32. The van der Waals surface area contributed by atoms with Crippen LogP contribution in [0.15, 0.2) is 12.3 Å². The molecule has 2 rings (SSSR count). The zero-order valence-electron chi connectivity index (χ0n) is 10.2. The van der Waals surface area contributed by atoms with Gasteiger partial charge in [0.15, 0.2) is 0 Å². The van der Waals surface area contributed by atoms with Crippen molar-refractivity contribution in [2.45, 2.75) is 55.9 Å². The van der Waals surface area contributed by atoms with Gasteiger partial charge in [-0.25, -0.2) is 0 Å². The van der Waals surface area contributed by atoms with Gasteiger partial charge in [-0.1, -0.05) is 12.8 Å². The van der Waals surface area contributed by atoms with Crippen LogP contribution in [0, 0.1) is 0 Å². The Morgan fingerprint density at radius 1 is 1.31 bits per heavy atom. The summed E-state index contributed by atoms with van der Waals surface area (Å²) in [6.45, 7) is 1.02. The van der Waals surface area contributed by atoms with Crippen molar-refractivity contribution in [1.82, 2.24) is 5.32 Å². The molecule has 1 aliphatic heterocycles. The van der Waals surface area contributed by atoms with Crippen molar-refractivity contribution in [2.75, 3.05) is 12.8 Å². The molecular weight excluding hydrogens is 218 g/mol. The minimum Gasteiger partial charge on any atom is -0.497 e. The smallest absolute Gasteiger partial charge is 0.110 e. The molecule has 2 nitrogen and oxygen atoms in total. The summed E-state index contributed by atoms with van der Waals surface area (Å²) in [5, 5.41) is 4.53. The van der Waals surface area contributed by atoms with Crippen LogP contribution in [0.3, 0.4) is 0 Å².